The molecule has 0 N–H and O–H groups in total. The summed E-state index contributed by atoms with van der Waals surface area (Å²) in [5.74, 6) is 0.482. The molecule has 0 aliphatic carbocycles. The molecule has 0 atom stereocenters. The van der Waals surface area contributed by atoms with Gasteiger partial charge in [-0.2, -0.15) is 0 Å². The molecule has 0 saturated carbocycles. The molecule has 0 bridgehead atoms. The highest BCUT2D eigenvalue weighted by Crippen LogP contribution is 2.23. The van der Waals surface area contributed by atoms with Crippen LogP contribution in [0.5, 0.6) is 0 Å². The van der Waals surface area contributed by atoms with E-state index < -0.39 is 0 Å². The van der Waals surface area contributed by atoms with E-state index >= 15 is 0 Å². The largest absolute Gasteiger partial charge is 0.465 e. The van der Waals surface area contributed by atoms with Gasteiger partial charge in [-0.05, 0) is 37.8 Å². The molecule has 1 aromatic heterocycles. The van der Waals surface area contributed by atoms with Gasteiger partial charge in [-0.3, -0.25) is 9.59 Å². The van der Waals surface area contributed by atoms with Crippen molar-refractivity contribution in [2.45, 2.75) is 33.2 Å². The lowest BCUT2D eigenvalue weighted by molar-refractivity contribution is -0.143. The predicted octanol–water partition coefficient (Wildman–Crippen LogP) is 2.12. The van der Waals surface area contributed by atoms with E-state index in [0.29, 0.717) is 6.61 Å². The third kappa shape index (κ3) is 4.99. The normalized spacial score (nSPS) is 17.6. The van der Waals surface area contributed by atoms with E-state index in [-0.39, 0.29) is 17.6 Å². The highest BCUT2D eigenvalue weighted by atomic mass is 32.2. The fraction of sp³-hybridized carbons (Fsp3) is 0.533. The molecule has 1 aromatic rings. The van der Waals surface area contributed by atoms with Crippen molar-refractivity contribution in [3.05, 3.63) is 23.8 Å². The van der Waals surface area contributed by atoms with Gasteiger partial charge in [0.15, 0.2) is 0 Å². The summed E-state index contributed by atoms with van der Waals surface area (Å²) in [5.41, 5.74) is 1.22. The van der Waals surface area contributed by atoms with Gasteiger partial charge in [-0.1, -0.05) is 5.57 Å². The van der Waals surface area contributed by atoms with E-state index in [1.54, 1.807) is 30.8 Å². The average molecular weight is 323 g/mol. The van der Waals surface area contributed by atoms with Crippen molar-refractivity contribution < 1.29 is 14.3 Å². The summed E-state index contributed by atoms with van der Waals surface area (Å²) in [6, 6.07) is 0. The van der Waals surface area contributed by atoms with Gasteiger partial charge in [0.05, 0.1) is 6.61 Å². The van der Waals surface area contributed by atoms with Crippen LogP contribution in [0.3, 0.4) is 0 Å². The van der Waals surface area contributed by atoms with Crippen LogP contribution in [0.15, 0.2) is 18.0 Å². The molecule has 2 rings (SSSR count). The Morgan fingerprint density at radius 2 is 2.32 bits per heavy atom. The second kappa shape index (κ2) is 8.14. The summed E-state index contributed by atoms with van der Waals surface area (Å²) in [7, 11) is 0. The van der Waals surface area contributed by atoms with Crippen LogP contribution in [0.25, 0.3) is 6.08 Å². The molecular weight excluding hydrogens is 302 g/mol. The van der Waals surface area contributed by atoms with E-state index in [1.165, 1.54) is 17.5 Å². The van der Waals surface area contributed by atoms with Gasteiger partial charge in [-0.15, -0.1) is 0 Å². The van der Waals surface area contributed by atoms with Crippen LogP contribution in [-0.2, 0) is 20.9 Å². The molecule has 0 radical (unpaired) electrons. The first-order chi connectivity index (χ1) is 10.6. The van der Waals surface area contributed by atoms with Crippen molar-refractivity contribution in [3.63, 3.8) is 0 Å². The molecule has 0 aromatic carbocycles. The zero-order chi connectivity index (χ0) is 15.9. The number of rotatable bonds is 5. The van der Waals surface area contributed by atoms with Gasteiger partial charge in [0.1, 0.15) is 12.4 Å². The van der Waals surface area contributed by atoms with Crippen LogP contribution >= 0.6 is 11.9 Å². The minimum Gasteiger partial charge on any atom is -0.465 e. The number of ether oxygens (including phenoxy) is 1. The fourth-order valence-corrected chi connectivity index (χ4v) is 3.18. The number of nitrogens with zero attached hydrogens (tertiary/aromatic N) is 3. The highest BCUT2D eigenvalue weighted by molar-refractivity contribution is 8.11. The van der Waals surface area contributed by atoms with Crippen LogP contribution in [0.4, 0.5) is 0 Å². The van der Waals surface area contributed by atoms with Crippen LogP contribution in [-0.4, -0.2) is 44.6 Å². The molecule has 0 unspecified atom stereocenters. The van der Waals surface area contributed by atoms with Crippen LogP contribution in [0.1, 0.15) is 32.5 Å². The average Bonchev–Trinajstić information content (AvgIpc) is 2.86. The van der Waals surface area contributed by atoms with Crippen molar-refractivity contribution in [2.24, 2.45) is 0 Å². The lowest BCUT2D eigenvalue weighted by atomic mass is 10.1. The third-order valence-corrected chi connectivity index (χ3v) is 4.06. The second-order valence-corrected chi connectivity index (χ2v) is 6.34. The Bertz CT molecular complexity index is 568. The second-order valence-electron chi connectivity index (χ2n) is 5.07. The van der Waals surface area contributed by atoms with Crippen molar-refractivity contribution in [1.29, 1.82) is 0 Å². The number of imidazole rings is 1. The molecule has 22 heavy (non-hydrogen) atoms. The predicted molar refractivity (Wildman–Crippen MR) is 85.9 cm³/mol. The molecular formula is C15H21N3O3S. The maximum Gasteiger partial charge on any atom is 0.325 e. The molecule has 1 aliphatic rings. The lowest BCUT2D eigenvalue weighted by Gasteiger charge is -2.26. The number of hydrogen-bond donors (Lipinski definition) is 0. The molecule has 0 spiro atoms. The molecule has 6 nitrogen and oxygen atoms in total. The summed E-state index contributed by atoms with van der Waals surface area (Å²) in [4.78, 5) is 27.1. The summed E-state index contributed by atoms with van der Waals surface area (Å²) in [6.45, 7) is 5.57. The Labute approximate surface area is 134 Å². The minimum absolute atomic E-state index is 0.102. The lowest BCUT2D eigenvalue weighted by Crippen LogP contribution is -2.26. The van der Waals surface area contributed by atoms with Crippen molar-refractivity contribution >= 4 is 29.1 Å². The number of esters is 1. The van der Waals surface area contributed by atoms with Gasteiger partial charge in [-0.25, -0.2) is 9.29 Å². The quantitative estimate of drug-likeness (QED) is 0.611. The van der Waals surface area contributed by atoms with Crippen LogP contribution in [0, 0.1) is 0 Å². The van der Waals surface area contributed by atoms with Gasteiger partial charge < -0.3 is 9.30 Å². The zero-order valence-corrected chi connectivity index (χ0v) is 13.8. The molecule has 2 heterocycles. The van der Waals surface area contributed by atoms with Gasteiger partial charge >= 0.3 is 5.97 Å². The maximum absolute atomic E-state index is 11.6. The first-order valence-corrected chi connectivity index (χ1v) is 8.15. The van der Waals surface area contributed by atoms with E-state index in [1.807, 2.05) is 6.08 Å². The van der Waals surface area contributed by atoms with Crippen molar-refractivity contribution in [2.75, 3.05) is 19.7 Å². The Balaban J connectivity index is 2.04. The number of piperidine rings is 1. The Hall–Kier alpha value is -1.60. The Morgan fingerprint density at radius 3 is 3.05 bits per heavy atom. The number of carbonyl (C=O) groups is 2. The van der Waals surface area contributed by atoms with Gasteiger partial charge in [0.2, 0.25) is 5.12 Å². The molecule has 120 valence electrons. The van der Waals surface area contributed by atoms with E-state index in [9.17, 15) is 9.59 Å². The minimum atomic E-state index is -0.266. The first-order valence-electron chi connectivity index (χ1n) is 7.38. The van der Waals surface area contributed by atoms with E-state index in [4.69, 9.17) is 4.74 Å². The summed E-state index contributed by atoms with van der Waals surface area (Å²) >= 11 is 1.27. The van der Waals surface area contributed by atoms with Gasteiger partial charge in [0, 0.05) is 32.4 Å². The fourth-order valence-electron chi connectivity index (χ4n) is 2.37. The summed E-state index contributed by atoms with van der Waals surface area (Å²) in [5, 5.41) is 0.102. The number of aromatic nitrogens is 2. The monoisotopic (exact) mass is 323 g/mol. The highest BCUT2D eigenvalue weighted by Gasteiger charge is 2.17. The Kier molecular flexibility index (Phi) is 6.21. The van der Waals surface area contributed by atoms with Gasteiger partial charge in [0.25, 0.3) is 0 Å². The van der Waals surface area contributed by atoms with Crippen LogP contribution in [0.2, 0.25) is 0 Å². The molecule has 1 fully saturated rings. The first kappa shape index (κ1) is 16.8. The smallest absolute Gasteiger partial charge is 0.325 e. The third-order valence-electron chi connectivity index (χ3n) is 3.23. The molecule has 7 heteroatoms. The molecule has 0 amide bonds. The summed E-state index contributed by atoms with van der Waals surface area (Å²) < 4.78 is 8.81. The van der Waals surface area contributed by atoms with Crippen LogP contribution < -0.4 is 0 Å². The zero-order valence-electron chi connectivity index (χ0n) is 12.9. The number of carbonyl (C=O) groups excluding carboxylic acids is 2. The Morgan fingerprint density at radius 1 is 1.50 bits per heavy atom. The molecule has 1 saturated heterocycles. The van der Waals surface area contributed by atoms with Crippen molar-refractivity contribution in [1.82, 2.24) is 13.9 Å². The SMILES string of the molecule is CCOC(=O)Cn1ccnc1C=C1CCCN(SC(C)=O)C1. The van der Waals surface area contributed by atoms with E-state index in [2.05, 4.69) is 9.29 Å². The standard InChI is InChI=1S/C15H21N3O3S/c1-3-21-15(20)11-17-8-6-16-14(17)9-13-5-4-7-18(10-13)22-12(2)19/h6,8-9H,3-5,7,10-11H2,1-2H3. The number of hydrogen-bond acceptors (Lipinski definition) is 6. The maximum atomic E-state index is 11.6. The van der Waals surface area contributed by atoms with E-state index in [0.717, 1.165) is 31.8 Å². The topological polar surface area (TPSA) is 64.4 Å². The summed E-state index contributed by atoms with van der Waals surface area (Å²) in [6.07, 6.45) is 7.46. The molecule has 1 aliphatic heterocycles. The van der Waals surface area contributed by atoms with Crippen molar-refractivity contribution in [3.8, 4) is 0 Å².